The third kappa shape index (κ3) is 6.95. The van der Waals surface area contributed by atoms with Crippen LogP contribution in [0.15, 0.2) is 24.0 Å². The van der Waals surface area contributed by atoms with Crippen LogP contribution in [0.1, 0.15) is 47.0 Å². The zero-order valence-corrected chi connectivity index (χ0v) is 10.2. The van der Waals surface area contributed by atoms with Gasteiger partial charge in [0.25, 0.3) is 0 Å². The summed E-state index contributed by atoms with van der Waals surface area (Å²) in [6.07, 6.45) is 8.06. The van der Waals surface area contributed by atoms with E-state index in [-0.39, 0.29) is 5.97 Å². The Balaban J connectivity index is 3.84. The van der Waals surface area contributed by atoms with Gasteiger partial charge < -0.3 is 4.74 Å². The topological polar surface area (TPSA) is 26.3 Å². The molecule has 0 aliphatic rings. The SMILES string of the molecule is CC/C=C(\C)C(C)C/C=C/OC(=O)CC. The van der Waals surface area contributed by atoms with Crippen molar-refractivity contribution in [1.82, 2.24) is 0 Å². The van der Waals surface area contributed by atoms with Crippen molar-refractivity contribution < 1.29 is 9.53 Å². The van der Waals surface area contributed by atoms with Gasteiger partial charge in [0, 0.05) is 6.42 Å². The van der Waals surface area contributed by atoms with Gasteiger partial charge in [-0.1, -0.05) is 32.4 Å². The quantitative estimate of drug-likeness (QED) is 0.378. The molecule has 0 N–H and O–H groups in total. The highest BCUT2D eigenvalue weighted by atomic mass is 16.5. The Morgan fingerprint density at radius 3 is 2.60 bits per heavy atom. The van der Waals surface area contributed by atoms with Crippen molar-refractivity contribution in [2.45, 2.75) is 47.0 Å². The van der Waals surface area contributed by atoms with Crippen LogP contribution >= 0.6 is 0 Å². The molecule has 0 aromatic carbocycles. The summed E-state index contributed by atoms with van der Waals surface area (Å²) in [4.78, 5) is 10.8. The lowest BCUT2D eigenvalue weighted by molar-refractivity contribution is -0.137. The minimum Gasteiger partial charge on any atom is -0.435 e. The highest BCUT2D eigenvalue weighted by Crippen LogP contribution is 2.14. The van der Waals surface area contributed by atoms with Gasteiger partial charge >= 0.3 is 5.97 Å². The summed E-state index contributed by atoms with van der Waals surface area (Å²) in [5.41, 5.74) is 1.39. The Morgan fingerprint density at radius 1 is 1.40 bits per heavy atom. The summed E-state index contributed by atoms with van der Waals surface area (Å²) in [5.74, 6) is 0.334. The highest BCUT2D eigenvalue weighted by molar-refractivity contribution is 5.69. The highest BCUT2D eigenvalue weighted by Gasteiger charge is 2.01. The largest absolute Gasteiger partial charge is 0.435 e. The Labute approximate surface area is 93.0 Å². The molecule has 0 rings (SSSR count). The van der Waals surface area contributed by atoms with Crippen LogP contribution in [0.4, 0.5) is 0 Å². The van der Waals surface area contributed by atoms with Crippen LogP contribution in [0.2, 0.25) is 0 Å². The fourth-order valence-electron chi connectivity index (χ4n) is 1.18. The zero-order chi connectivity index (χ0) is 11.7. The van der Waals surface area contributed by atoms with Gasteiger partial charge in [0.1, 0.15) is 0 Å². The molecule has 1 unspecified atom stereocenters. The second-order valence-electron chi connectivity index (χ2n) is 3.71. The predicted octanol–water partition coefficient (Wildman–Crippen LogP) is 3.84. The molecule has 2 heteroatoms. The van der Waals surface area contributed by atoms with Crippen LogP contribution in [-0.2, 0) is 9.53 Å². The van der Waals surface area contributed by atoms with Crippen molar-refractivity contribution in [1.29, 1.82) is 0 Å². The minimum atomic E-state index is -0.181. The summed E-state index contributed by atoms with van der Waals surface area (Å²) in [7, 11) is 0. The van der Waals surface area contributed by atoms with Gasteiger partial charge in [-0.2, -0.15) is 0 Å². The zero-order valence-electron chi connectivity index (χ0n) is 10.2. The molecule has 0 aliphatic heterocycles. The number of ether oxygens (including phenoxy) is 1. The Hall–Kier alpha value is -1.05. The van der Waals surface area contributed by atoms with E-state index in [4.69, 9.17) is 4.74 Å². The van der Waals surface area contributed by atoms with Gasteiger partial charge in [-0.15, -0.1) is 0 Å². The van der Waals surface area contributed by atoms with Crippen molar-refractivity contribution in [2.75, 3.05) is 0 Å². The monoisotopic (exact) mass is 210 g/mol. The molecule has 0 aromatic rings. The van der Waals surface area contributed by atoms with Crippen LogP contribution in [0.25, 0.3) is 0 Å². The average Bonchev–Trinajstić information content (AvgIpc) is 2.23. The first-order valence-corrected chi connectivity index (χ1v) is 5.62. The van der Waals surface area contributed by atoms with E-state index >= 15 is 0 Å². The summed E-state index contributed by atoms with van der Waals surface area (Å²) in [6.45, 7) is 8.23. The molecule has 0 heterocycles. The fourth-order valence-corrected chi connectivity index (χ4v) is 1.18. The lowest BCUT2D eigenvalue weighted by Crippen LogP contribution is -1.97. The molecule has 0 spiro atoms. The second-order valence-corrected chi connectivity index (χ2v) is 3.71. The van der Waals surface area contributed by atoms with Crippen LogP contribution in [0.3, 0.4) is 0 Å². The maximum Gasteiger partial charge on any atom is 0.310 e. The number of carbonyl (C=O) groups is 1. The van der Waals surface area contributed by atoms with Crippen LogP contribution < -0.4 is 0 Å². The first-order valence-electron chi connectivity index (χ1n) is 5.62. The number of allylic oxidation sites excluding steroid dienone is 3. The molecule has 0 aromatic heterocycles. The van der Waals surface area contributed by atoms with Crippen molar-refractivity contribution in [3.8, 4) is 0 Å². The molecule has 0 radical (unpaired) electrons. The van der Waals surface area contributed by atoms with Gasteiger partial charge in [-0.25, -0.2) is 0 Å². The molecule has 0 aliphatic carbocycles. The first kappa shape index (κ1) is 13.9. The lowest BCUT2D eigenvalue weighted by Gasteiger charge is -2.08. The second kappa shape index (κ2) is 8.27. The van der Waals surface area contributed by atoms with Gasteiger partial charge in [0.2, 0.25) is 0 Å². The molecule has 0 saturated heterocycles. The molecule has 0 bridgehead atoms. The molecule has 0 amide bonds. The summed E-state index contributed by atoms with van der Waals surface area (Å²) < 4.78 is 4.84. The average molecular weight is 210 g/mol. The van der Waals surface area contributed by atoms with Gasteiger partial charge in [0.05, 0.1) is 6.26 Å². The third-order valence-corrected chi connectivity index (χ3v) is 2.38. The van der Waals surface area contributed by atoms with Crippen molar-refractivity contribution in [3.63, 3.8) is 0 Å². The van der Waals surface area contributed by atoms with E-state index in [1.165, 1.54) is 11.8 Å². The van der Waals surface area contributed by atoms with Gasteiger partial charge in [-0.05, 0) is 31.8 Å². The van der Waals surface area contributed by atoms with Gasteiger partial charge in [0.15, 0.2) is 0 Å². The molecule has 15 heavy (non-hydrogen) atoms. The Morgan fingerprint density at radius 2 is 2.07 bits per heavy atom. The number of hydrogen-bond donors (Lipinski definition) is 0. The minimum absolute atomic E-state index is 0.181. The third-order valence-electron chi connectivity index (χ3n) is 2.38. The Kier molecular flexibility index (Phi) is 7.69. The van der Waals surface area contributed by atoms with E-state index in [9.17, 15) is 4.79 Å². The van der Waals surface area contributed by atoms with Crippen LogP contribution in [-0.4, -0.2) is 5.97 Å². The van der Waals surface area contributed by atoms with Crippen molar-refractivity contribution in [2.24, 2.45) is 5.92 Å². The van der Waals surface area contributed by atoms with Crippen molar-refractivity contribution in [3.05, 3.63) is 24.0 Å². The van der Waals surface area contributed by atoms with E-state index in [1.807, 2.05) is 6.08 Å². The van der Waals surface area contributed by atoms with Crippen LogP contribution in [0.5, 0.6) is 0 Å². The standard InChI is InChI=1S/C13H22O2/c1-5-8-11(3)12(4)9-7-10-15-13(14)6-2/h7-8,10,12H,5-6,9H2,1-4H3/b10-7+,11-8+. The normalized spacial score (nSPS) is 14.3. The number of esters is 1. The van der Waals surface area contributed by atoms with Crippen molar-refractivity contribution >= 4 is 5.97 Å². The predicted molar refractivity (Wildman–Crippen MR) is 63.4 cm³/mol. The molecule has 0 fully saturated rings. The summed E-state index contributed by atoms with van der Waals surface area (Å²) in [5, 5.41) is 0. The Bertz CT molecular complexity index is 239. The van der Waals surface area contributed by atoms with E-state index in [0.29, 0.717) is 12.3 Å². The van der Waals surface area contributed by atoms with Crippen LogP contribution in [0, 0.1) is 5.92 Å². The first-order chi connectivity index (χ1) is 7.11. The molecule has 2 nitrogen and oxygen atoms in total. The molecule has 1 atom stereocenters. The maximum atomic E-state index is 10.8. The molecule has 0 saturated carbocycles. The number of hydrogen-bond acceptors (Lipinski definition) is 2. The lowest BCUT2D eigenvalue weighted by atomic mass is 9.98. The maximum absolute atomic E-state index is 10.8. The molecular formula is C13H22O2. The smallest absolute Gasteiger partial charge is 0.310 e. The van der Waals surface area contributed by atoms with Gasteiger partial charge in [-0.3, -0.25) is 4.79 Å². The van der Waals surface area contributed by atoms with E-state index < -0.39 is 0 Å². The number of rotatable bonds is 6. The summed E-state index contributed by atoms with van der Waals surface area (Å²) in [6, 6.07) is 0. The van der Waals surface area contributed by atoms with E-state index in [1.54, 1.807) is 6.92 Å². The molecule has 86 valence electrons. The fraction of sp³-hybridized carbons (Fsp3) is 0.615. The number of carbonyl (C=O) groups excluding carboxylic acids is 1. The summed E-state index contributed by atoms with van der Waals surface area (Å²) >= 11 is 0. The molecular weight excluding hydrogens is 188 g/mol. The van der Waals surface area contributed by atoms with E-state index in [2.05, 4.69) is 26.8 Å². The van der Waals surface area contributed by atoms with E-state index in [0.717, 1.165) is 12.8 Å².